The van der Waals surface area contributed by atoms with E-state index in [0.29, 0.717) is 0 Å². The second-order valence-corrected chi connectivity index (χ2v) is 8.55. The SMILES string of the molecule is C[C@@](C#N)(NC(=O)COC(=O)c1cc(S(C)(=O)=O)ccc1Cl)C1CC1. The Balaban J connectivity index is 2.03. The van der Waals surface area contributed by atoms with Gasteiger partial charge in [0, 0.05) is 6.26 Å². The topological polar surface area (TPSA) is 113 Å². The Bertz CT molecular complexity index is 858. The number of carbonyl (C=O) groups is 2. The summed E-state index contributed by atoms with van der Waals surface area (Å²) in [5.74, 6) is -1.44. The maximum atomic E-state index is 12.1. The molecule has 0 bridgehead atoms. The average Bonchev–Trinajstić information content (AvgIpc) is 3.37. The molecule has 2 rings (SSSR count). The predicted octanol–water partition coefficient (Wildman–Crippen LogP) is 1.71. The van der Waals surface area contributed by atoms with Gasteiger partial charge in [-0.05, 0) is 43.9 Å². The van der Waals surface area contributed by atoms with Gasteiger partial charge in [0.25, 0.3) is 5.91 Å². The van der Waals surface area contributed by atoms with Crippen molar-refractivity contribution in [1.82, 2.24) is 5.32 Å². The van der Waals surface area contributed by atoms with E-state index in [1.807, 2.05) is 0 Å². The van der Waals surface area contributed by atoms with Crippen LogP contribution in [-0.2, 0) is 19.4 Å². The molecule has 1 aliphatic rings. The number of sulfone groups is 1. The molecule has 0 radical (unpaired) electrons. The Labute approximate surface area is 150 Å². The predicted molar refractivity (Wildman–Crippen MR) is 89.7 cm³/mol. The lowest BCUT2D eigenvalue weighted by molar-refractivity contribution is -0.125. The van der Waals surface area contributed by atoms with Crippen molar-refractivity contribution in [3.05, 3.63) is 28.8 Å². The van der Waals surface area contributed by atoms with E-state index in [1.54, 1.807) is 6.92 Å². The number of esters is 1. The van der Waals surface area contributed by atoms with Crippen LogP contribution >= 0.6 is 11.6 Å². The third kappa shape index (κ3) is 4.71. The first-order chi connectivity index (χ1) is 11.6. The van der Waals surface area contributed by atoms with Crippen molar-refractivity contribution in [1.29, 1.82) is 5.26 Å². The number of amides is 1. The van der Waals surface area contributed by atoms with E-state index in [9.17, 15) is 23.3 Å². The van der Waals surface area contributed by atoms with Gasteiger partial charge in [0.05, 0.1) is 21.6 Å². The molecule has 1 aliphatic carbocycles. The number of benzene rings is 1. The van der Waals surface area contributed by atoms with Crippen molar-refractivity contribution in [3.8, 4) is 6.07 Å². The molecule has 1 atom stereocenters. The highest BCUT2D eigenvalue weighted by atomic mass is 35.5. The molecule has 1 aromatic carbocycles. The smallest absolute Gasteiger partial charge is 0.340 e. The summed E-state index contributed by atoms with van der Waals surface area (Å²) in [5.41, 5.74) is -1.14. The van der Waals surface area contributed by atoms with E-state index >= 15 is 0 Å². The summed E-state index contributed by atoms with van der Waals surface area (Å²) in [6.07, 6.45) is 2.72. The number of hydrogen-bond acceptors (Lipinski definition) is 6. The van der Waals surface area contributed by atoms with Crippen LogP contribution in [0.3, 0.4) is 0 Å². The van der Waals surface area contributed by atoms with Crippen molar-refractivity contribution in [3.63, 3.8) is 0 Å². The van der Waals surface area contributed by atoms with Crippen LogP contribution in [0.5, 0.6) is 0 Å². The van der Waals surface area contributed by atoms with Crippen LogP contribution < -0.4 is 5.32 Å². The molecule has 1 N–H and O–H groups in total. The monoisotopic (exact) mass is 384 g/mol. The molecule has 25 heavy (non-hydrogen) atoms. The highest BCUT2D eigenvalue weighted by Gasteiger charge is 2.43. The quantitative estimate of drug-likeness (QED) is 0.747. The third-order valence-corrected chi connectivity index (χ3v) is 5.39. The first kappa shape index (κ1) is 19.2. The Morgan fingerprint density at radius 2 is 2.08 bits per heavy atom. The Kier molecular flexibility index (Phi) is 5.40. The van der Waals surface area contributed by atoms with Gasteiger partial charge in [-0.25, -0.2) is 13.2 Å². The van der Waals surface area contributed by atoms with E-state index < -0.39 is 33.9 Å². The number of nitrogens with one attached hydrogen (secondary N) is 1. The fourth-order valence-corrected chi connectivity index (χ4v) is 3.15. The molecule has 7 nitrogen and oxygen atoms in total. The molecule has 0 heterocycles. The van der Waals surface area contributed by atoms with Crippen LogP contribution in [0.4, 0.5) is 0 Å². The maximum Gasteiger partial charge on any atom is 0.340 e. The third-order valence-electron chi connectivity index (χ3n) is 3.95. The molecule has 134 valence electrons. The van der Waals surface area contributed by atoms with Crippen molar-refractivity contribution in [2.75, 3.05) is 12.9 Å². The van der Waals surface area contributed by atoms with Crippen LogP contribution in [0, 0.1) is 17.2 Å². The van der Waals surface area contributed by atoms with Crippen LogP contribution in [0.25, 0.3) is 0 Å². The summed E-state index contributed by atoms with van der Waals surface area (Å²) in [6.45, 7) is 1.03. The second-order valence-electron chi connectivity index (χ2n) is 6.13. The van der Waals surface area contributed by atoms with Gasteiger partial charge >= 0.3 is 5.97 Å². The van der Waals surface area contributed by atoms with E-state index in [0.717, 1.165) is 25.2 Å². The summed E-state index contributed by atoms with van der Waals surface area (Å²) in [6, 6.07) is 5.71. The van der Waals surface area contributed by atoms with E-state index in [-0.39, 0.29) is 21.4 Å². The minimum atomic E-state index is -3.52. The molecule has 1 aromatic rings. The zero-order chi connectivity index (χ0) is 18.8. The Hall–Kier alpha value is -2.11. The fourth-order valence-electron chi connectivity index (χ4n) is 2.31. The molecule has 9 heteroatoms. The molecule has 1 amide bonds. The molecule has 0 spiro atoms. The first-order valence-corrected chi connectivity index (χ1v) is 9.73. The largest absolute Gasteiger partial charge is 0.452 e. The lowest BCUT2D eigenvalue weighted by Gasteiger charge is -2.22. The van der Waals surface area contributed by atoms with Gasteiger partial charge in [0.15, 0.2) is 16.4 Å². The highest BCUT2D eigenvalue weighted by Crippen LogP contribution is 2.39. The standard InChI is InChI=1S/C16H17ClN2O5S/c1-16(9-18,10-3-4-10)19-14(20)8-24-15(21)12-7-11(25(2,22)23)5-6-13(12)17/h5-7,10H,3-4,8H2,1-2H3,(H,19,20)/t16-/m0/s1. The van der Waals surface area contributed by atoms with Crippen molar-refractivity contribution in [2.24, 2.45) is 5.92 Å². The minimum Gasteiger partial charge on any atom is -0.452 e. The molecular weight excluding hydrogens is 368 g/mol. The van der Waals surface area contributed by atoms with Gasteiger partial charge in [-0.1, -0.05) is 11.6 Å². The summed E-state index contributed by atoms with van der Waals surface area (Å²) in [4.78, 5) is 23.9. The molecule has 0 unspecified atom stereocenters. The number of nitrogens with zero attached hydrogens (tertiary/aromatic N) is 1. The molecule has 0 aromatic heterocycles. The zero-order valence-corrected chi connectivity index (χ0v) is 15.3. The van der Waals surface area contributed by atoms with Crippen LogP contribution in [0.1, 0.15) is 30.1 Å². The lowest BCUT2D eigenvalue weighted by Crippen LogP contribution is -2.48. The number of carbonyl (C=O) groups excluding carboxylic acids is 2. The van der Waals surface area contributed by atoms with Gasteiger partial charge in [-0.2, -0.15) is 5.26 Å². The van der Waals surface area contributed by atoms with Gasteiger partial charge in [0.2, 0.25) is 0 Å². The molecule has 1 fully saturated rings. The van der Waals surface area contributed by atoms with Gasteiger partial charge < -0.3 is 10.1 Å². The summed E-state index contributed by atoms with van der Waals surface area (Å²) >= 11 is 5.90. The number of halogens is 1. The van der Waals surface area contributed by atoms with E-state index in [2.05, 4.69) is 11.4 Å². The van der Waals surface area contributed by atoms with Gasteiger partial charge in [0.1, 0.15) is 5.54 Å². The van der Waals surface area contributed by atoms with Crippen LogP contribution in [0.2, 0.25) is 5.02 Å². The van der Waals surface area contributed by atoms with Crippen LogP contribution in [0.15, 0.2) is 23.1 Å². The second kappa shape index (κ2) is 7.02. The first-order valence-electron chi connectivity index (χ1n) is 7.46. The normalized spacial score (nSPS) is 16.4. The van der Waals surface area contributed by atoms with Crippen molar-refractivity contribution in [2.45, 2.75) is 30.2 Å². The Morgan fingerprint density at radius 1 is 1.44 bits per heavy atom. The molecule has 1 saturated carbocycles. The van der Waals surface area contributed by atoms with Crippen LogP contribution in [-0.4, -0.2) is 38.7 Å². The maximum absolute atomic E-state index is 12.1. The highest BCUT2D eigenvalue weighted by molar-refractivity contribution is 7.90. The van der Waals surface area contributed by atoms with E-state index in [4.69, 9.17) is 16.3 Å². The number of nitriles is 1. The summed E-state index contributed by atoms with van der Waals surface area (Å²) in [5, 5.41) is 11.8. The van der Waals surface area contributed by atoms with Gasteiger partial charge in [-0.15, -0.1) is 0 Å². The number of ether oxygens (including phenoxy) is 1. The van der Waals surface area contributed by atoms with Crippen molar-refractivity contribution >= 4 is 33.3 Å². The van der Waals surface area contributed by atoms with E-state index in [1.165, 1.54) is 12.1 Å². The fraction of sp³-hybridized carbons (Fsp3) is 0.438. The summed E-state index contributed by atoms with van der Waals surface area (Å²) < 4.78 is 28.0. The number of rotatable bonds is 6. The molecule has 0 aliphatic heterocycles. The summed E-state index contributed by atoms with van der Waals surface area (Å²) in [7, 11) is -3.52. The van der Waals surface area contributed by atoms with Gasteiger partial charge in [-0.3, -0.25) is 4.79 Å². The average molecular weight is 385 g/mol. The Morgan fingerprint density at radius 3 is 2.60 bits per heavy atom. The molecule has 0 saturated heterocycles. The molecular formula is C16H17ClN2O5S. The lowest BCUT2D eigenvalue weighted by atomic mass is 9.98. The minimum absolute atomic E-state index is 0.0117. The number of hydrogen-bond donors (Lipinski definition) is 1. The van der Waals surface area contributed by atoms with Crippen molar-refractivity contribution < 1.29 is 22.7 Å². The zero-order valence-electron chi connectivity index (χ0n) is 13.7.